The van der Waals surface area contributed by atoms with Gasteiger partial charge in [0, 0.05) is 4.47 Å². The molecule has 0 saturated heterocycles. The Morgan fingerprint density at radius 2 is 1.89 bits per heavy atom. The first kappa shape index (κ1) is 15.0. The first-order valence-corrected chi connectivity index (χ1v) is 7.58. The molecule has 1 aliphatic carbocycles. The lowest BCUT2D eigenvalue weighted by molar-refractivity contribution is -0.125. The Morgan fingerprint density at radius 3 is 2.26 bits per heavy atom. The zero-order valence-corrected chi connectivity index (χ0v) is 13.7. The van der Waals surface area contributed by atoms with Crippen LogP contribution in [0, 0.1) is 5.41 Å². The summed E-state index contributed by atoms with van der Waals surface area (Å²) in [5.41, 5.74) is 5.32. The number of nitrogens with one attached hydrogen (secondary N) is 1. The van der Waals surface area contributed by atoms with Crippen LogP contribution in [0.5, 0.6) is 0 Å². The number of hydrogen-bond acceptors (Lipinski definition) is 2. The van der Waals surface area contributed by atoms with Crippen LogP contribution in [-0.2, 0) is 4.79 Å². The fraction of sp³-hybridized carbons (Fsp3) is 0.333. The van der Waals surface area contributed by atoms with Crippen LogP contribution in [0.1, 0.15) is 19.3 Å². The van der Waals surface area contributed by atoms with Gasteiger partial charge >= 0.3 is 0 Å². The fourth-order valence-electron chi connectivity index (χ4n) is 2.01. The molecule has 3 N–H and O–H groups in total. The number of amides is 1. The fourth-order valence-corrected chi connectivity index (χ4v) is 3.61. The molecule has 0 unspecified atom stereocenters. The van der Waals surface area contributed by atoms with Gasteiger partial charge in [-0.2, -0.15) is 0 Å². The Kier molecular flexibility index (Phi) is 4.40. The van der Waals surface area contributed by atoms with Crippen LogP contribution < -0.4 is 11.1 Å². The third-order valence-electron chi connectivity index (χ3n) is 3.36. The van der Waals surface area contributed by atoms with Crippen molar-refractivity contribution in [1.82, 2.24) is 0 Å². The van der Waals surface area contributed by atoms with Crippen LogP contribution in [0.3, 0.4) is 0 Å². The lowest BCUT2D eigenvalue weighted by Crippen LogP contribution is -2.50. The minimum atomic E-state index is -0.755. The lowest BCUT2D eigenvalue weighted by Gasteiger charge is -2.39. The Balaban J connectivity index is 2.27. The lowest BCUT2D eigenvalue weighted by atomic mass is 9.68. The van der Waals surface area contributed by atoms with E-state index in [0.717, 1.165) is 10.9 Å². The summed E-state index contributed by atoms with van der Waals surface area (Å²) in [4.78, 5) is 12.6. The standard InChI is InChI=1S/C12H11BrCl2N2OS/c13-6-4-7(14)9(8(15)5-6)17-11(18)12(10(16)19)2-1-3-12/h4-5H,1-3H2,(H2,16,19)(H,17,18). The number of rotatable bonds is 3. The first-order valence-electron chi connectivity index (χ1n) is 5.63. The highest BCUT2D eigenvalue weighted by atomic mass is 79.9. The van der Waals surface area contributed by atoms with Gasteiger partial charge in [-0.3, -0.25) is 4.79 Å². The van der Waals surface area contributed by atoms with Crippen molar-refractivity contribution in [3.8, 4) is 0 Å². The molecule has 1 saturated carbocycles. The van der Waals surface area contributed by atoms with Crippen LogP contribution in [0.25, 0.3) is 0 Å². The molecule has 0 aliphatic heterocycles. The van der Waals surface area contributed by atoms with Crippen molar-refractivity contribution >= 4 is 67.9 Å². The summed E-state index contributed by atoms with van der Waals surface area (Å²) in [5, 5.41) is 3.47. The molecule has 19 heavy (non-hydrogen) atoms. The largest absolute Gasteiger partial charge is 0.392 e. The minimum absolute atomic E-state index is 0.223. The Morgan fingerprint density at radius 1 is 1.37 bits per heavy atom. The van der Waals surface area contributed by atoms with Crippen molar-refractivity contribution < 1.29 is 4.79 Å². The maximum absolute atomic E-state index is 12.3. The number of anilines is 1. The van der Waals surface area contributed by atoms with Gasteiger partial charge in [0.15, 0.2) is 0 Å². The van der Waals surface area contributed by atoms with Crippen LogP contribution in [0.15, 0.2) is 16.6 Å². The van der Waals surface area contributed by atoms with Crippen molar-refractivity contribution in [2.24, 2.45) is 11.1 Å². The zero-order valence-electron chi connectivity index (χ0n) is 9.80. The number of carbonyl (C=O) groups is 1. The van der Waals surface area contributed by atoms with Crippen molar-refractivity contribution in [3.05, 3.63) is 26.7 Å². The molecule has 0 spiro atoms. The molecule has 0 aromatic heterocycles. The van der Waals surface area contributed by atoms with Crippen molar-refractivity contribution in [2.75, 3.05) is 5.32 Å². The molecule has 3 nitrogen and oxygen atoms in total. The molecule has 2 rings (SSSR count). The van der Waals surface area contributed by atoms with E-state index in [1.54, 1.807) is 12.1 Å². The predicted molar refractivity (Wildman–Crippen MR) is 85.9 cm³/mol. The van der Waals surface area contributed by atoms with E-state index in [1.165, 1.54) is 0 Å². The van der Waals surface area contributed by atoms with E-state index in [9.17, 15) is 4.79 Å². The number of thiocarbonyl (C=S) groups is 1. The van der Waals surface area contributed by atoms with Crippen LogP contribution in [-0.4, -0.2) is 10.9 Å². The van der Waals surface area contributed by atoms with E-state index in [4.69, 9.17) is 41.2 Å². The number of carbonyl (C=O) groups excluding carboxylic acids is 1. The van der Waals surface area contributed by atoms with E-state index in [-0.39, 0.29) is 10.9 Å². The van der Waals surface area contributed by atoms with Crippen molar-refractivity contribution in [3.63, 3.8) is 0 Å². The summed E-state index contributed by atoms with van der Waals surface area (Å²) >= 11 is 20.4. The normalized spacial score (nSPS) is 16.6. The average Bonchev–Trinajstić information content (AvgIpc) is 2.20. The van der Waals surface area contributed by atoms with E-state index < -0.39 is 5.41 Å². The van der Waals surface area contributed by atoms with E-state index in [0.29, 0.717) is 28.6 Å². The maximum atomic E-state index is 12.3. The summed E-state index contributed by atoms with van der Waals surface area (Å²) in [5.74, 6) is -0.239. The number of nitrogens with two attached hydrogens (primary N) is 1. The van der Waals surface area contributed by atoms with E-state index in [1.807, 2.05) is 0 Å². The van der Waals surface area contributed by atoms with E-state index in [2.05, 4.69) is 21.2 Å². The predicted octanol–water partition coefficient (Wildman–Crippen LogP) is 4.15. The highest BCUT2D eigenvalue weighted by molar-refractivity contribution is 9.10. The Labute approximate surface area is 134 Å². The summed E-state index contributed by atoms with van der Waals surface area (Å²) in [7, 11) is 0. The molecule has 102 valence electrons. The molecule has 7 heteroatoms. The van der Waals surface area contributed by atoms with Gasteiger partial charge in [-0.05, 0) is 25.0 Å². The zero-order chi connectivity index (χ0) is 14.2. The van der Waals surface area contributed by atoms with Crippen molar-refractivity contribution in [1.29, 1.82) is 0 Å². The second kappa shape index (κ2) is 5.56. The average molecular weight is 382 g/mol. The van der Waals surface area contributed by atoms with E-state index >= 15 is 0 Å². The summed E-state index contributed by atoms with van der Waals surface area (Å²) in [6.07, 6.45) is 2.27. The van der Waals surface area contributed by atoms with Gasteiger partial charge in [0.1, 0.15) is 0 Å². The summed E-state index contributed by atoms with van der Waals surface area (Å²) in [6, 6.07) is 3.33. The molecule has 0 bridgehead atoms. The molecule has 0 atom stereocenters. The Bertz CT molecular complexity index is 538. The molecular formula is C12H11BrCl2N2OS. The van der Waals surface area contributed by atoms with Crippen LogP contribution >= 0.6 is 51.3 Å². The Hall–Kier alpha value is -0.360. The number of halogens is 3. The van der Waals surface area contributed by atoms with Gasteiger partial charge in [-0.25, -0.2) is 0 Å². The minimum Gasteiger partial charge on any atom is -0.392 e. The van der Waals surface area contributed by atoms with Crippen LogP contribution in [0.2, 0.25) is 10.0 Å². The second-order valence-corrected chi connectivity index (χ2v) is 6.67. The van der Waals surface area contributed by atoms with Gasteiger partial charge in [-0.15, -0.1) is 0 Å². The third kappa shape index (κ3) is 2.75. The second-order valence-electron chi connectivity index (χ2n) is 4.50. The van der Waals surface area contributed by atoms with Gasteiger partial charge in [0.2, 0.25) is 5.91 Å². The molecule has 1 aliphatic rings. The van der Waals surface area contributed by atoms with Crippen LogP contribution in [0.4, 0.5) is 5.69 Å². The topological polar surface area (TPSA) is 55.1 Å². The maximum Gasteiger partial charge on any atom is 0.237 e. The SMILES string of the molecule is NC(=S)C1(C(=O)Nc2c(Cl)cc(Br)cc2Cl)CCC1. The van der Waals surface area contributed by atoms with Gasteiger partial charge in [-0.1, -0.05) is 57.8 Å². The monoisotopic (exact) mass is 380 g/mol. The first-order chi connectivity index (χ1) is 8.86. The highest BCUT2D eigenvalue weighted by Crippen LogP contribution is 2.43. The molecule has 1 aromatic rings. The molecule has 1 fully saturated rings. The smallest absolute Gasteiger partial charge is 0.237 e. The number of hydrogen-bond donors (Lipinski definition) is 2. The van der Waals surface area contributed by atoms with Gasteiger partial charge in [0.05, 0.1) is 26.1 Å². The molecule has 1 aromatic carbocycles. The highest BCUT2D eigenvalue weighted by Gasteiger charge is 2.47. The third-order valence-corrected chi connectivity index (χ3v) is 4.80. The number of benzene rings is 1. The molecular weight excluding hydrogens is 371 g/mol. The van der Waals surface area contributed by atoms with Gasteiger partial charge < -0.3 is 11.1 Å². The molecule has 1 amide bonds. The summed E-state index contributed by atoms with van der Waals surface area (Å²) in [6.45, 7) is 0. The molecule has 0 radical (unpaired) electrons. The van der Waals surface area contributed by atoms with Crippen molar-refractivity contribution in [2.45, 2.75) is 19.3 Å². The van der Waals surface area contributed by atoms with Gasteiger partial charge in [0.25, 0.3) is 0 Å². The summed E-state index contributed by atoms with van der Waals surface area (Å²) < 4.78 is 0.744. The quantitative estimate of drug-likeness (QED) is 0.773. The molecule has 0 heterocycles.